The quantitative estimate of drug-likeness (QED) is 0.279. The minimum atomic E-state index is 1.11. The van der Waals surface area contributed by atoms with Crippen LogP contribution in [-0.2, 0) is 0 Å². The normalized spacial score (nSPS) is 11.8. The van der Waals surface area contributed by atoms with Crippen molar-refractivity contribution in [3.8, 4) is 0 Å². The van der Waals surface area contributed by atoms with Crippen LogP contribution in [0.4, 0.5) is 22.7 Å². The van der Waals surface area contributed by atoms with Gasteiger partial charge in [-0.15, -0.1) is 0 Å². The average molecular weight is 417 g/mol. The van der Waals surface area contributed by atoms with Gasteiger partial charge in [0.05, 0.1) is 0 Å². The van der Waals surface area contributed by atoms with Crippen molar-refractivity contribution in [3.05, 3.63) is 145 Å². The Labute approximate surface area is 191 Å². The third-order valence-corrected chi connectivity index (χ3v) is 5.32. The summed E-state index contributed by atoms with van der Waals surface area (Å²) in [6, 6.07) is 42.0. The van der Waals surface area contributed by atoms with E-state index >= 15 is 0 Å². The van der Waals surface area contributed by atoms with Crippen LogP contribution in [0, 0.1) is 0 Å². The Balaban J connectivity index is 1.80. The average Bonchev–Trinajstić information content (AvgIpc) is 2.86. The molecule has 0 unspecified atom stereocenters. The van der Waals surface area contributed by atoms with E-state index in [0.717, 1.165) is 34.1 Å². The molecule has 0 saturated heterocycles. The Morgan fingerprint density at radius 1 is 0.500 bits per heavy atom. The van der Waals surface area contributed by atoms with Crippen LogP contribution in [0.2, 0.25) is 0 Å². The number of benzene rings is 4. The molecule has 0 amide bonds. The van der Waals surface area contributed by atoms with E-state index in [4.69, 9.17) is 0 Å². The first-order valence-corrected chi connectivity index (χ1v) is 10.9. The van der Waals surface area contributed by atoms with Crippen LogP contribution in [0.3, 0.4) is 0 Å². The number of hydrogen-bond donors (Lipinski definition) is 0. The van der Waals surface area contributed by atoms with Gasteiger partial charge in [-0.1, -0.05) is 78.9 Å². The van der Waals surface area contributed by atoms with E-state index in [1.165, 1.54) is 0 Å². The van der Waals surface area contributed by atoms with Crippen LogP contribution in [0.5, 0.6) is 0 Å². The third-order valence-electron chi connectivity index (χ3n) is 5.32. The predicted molar refractivity (Wildman–Crippen MR) is 138 cm³/mol. The minimum Gasteiger partial charge on any atom is -0.314 e. The van der Waals surface area contributed by atoms with E-state index in [0.29, 0.717) is 0 Å². The summed E-state index contributed by atoms with van der Waals surface area (Å²) in [5.74, 6) is 0. The second-order valence-electron chi connectivity index (χ2n) is 7.51. The van der Waals surface area contributed by atoms with Crippen LogP contribution in [0.1, 0.15) is 13.8 Å². The highest BCUT2D eigenvalue weighted by Crippen LogP contribution is 2.33. The summed E-state index contributed by atoms with van der Waals surface area (Å²) < 4.78 is 0. The van der Waals surface area contributed by atoms with Crippen molar-refractivity contribution < 1.29 is 0 Å². The fourth-order valence-electron chi connectivity index (χ4n) is 3.87. The fraction of sp³-hybridized carbons (Fsp3) is 0.0667. The van der Waals surface area contributed by atoms with E-state index in [2.05, 4.69) is 157 Å². The van der Waals surface area contributed by atoms with Gasteiger partial charge in [0.1, 0.15) is 0 Å². The largest absolute Gasteiger partial charge is 0.314 e. The summed E-state index contributed by atoms with van der Waals surface area (Å²) in [5, 5.41) is 0. The smallest absolute Gasteiger partial charge is 0.0461 e. The Kier molecular flexibility index (Phi) is 6.84. The van der Waals surface area contributed by atoms with Crippen molar-refractivity contribution >= 4 is 22.7 Å². The maximum absolute atomic E-state index is 2.29. The molecule has 0 aliphatic rings. The van der Waals surface area contributed by atoms with Gasteiger partial charge in [-0.25, -0.2) is 0 Å². The molecule has 0 atom stereocenters. The predicted octanol–water partition coefficient (Wildman–Crippen LogP) is 8.47. The standard InChI is InChI=1S/C30H28N2/c1-3-26(32(29-20-12-6-13-21-29)30-22-14-7-15-23-30)24-25(2)31(27-16-8-4-9-17-27)28-18-10-5-11-19-28/h3-24H,1-2H3/b25-24+,26-3+. The highest BCUT2D eigenvalue weighted by Gasteiger charge is 2.16. The summed E-state index contributed by atoms with van der Waals surface area (Å²) in [5.41, 5.74) is 6.76. The zero-order chi connectivity index (χ0) is 22.2. The highest BCUT2D eigenvalue weighted by atomic mass is 15.2. The van der Waals surface area contributed by atoms with Crippen LogP contribution in [0.25, 0.3) is 0 Å². The van der Waals surface area contributed by atoms with E-state index in [1.807, 2.05) is 0 Å². The molecule has 0 bridgehead atoms. The third kappa shape index (κ3) is 4.81. The van der Waals surface area contributed by atoms with Gasteiger partial charge in [-0.2, -0.15) is 0 Å². The van der Waals surface area contributed by atoms with Crippen LogP contribution >= 0.6 is 0 Å². The van der Waals surface area contributed by atoms with Gasteiger partial charge in [0, 0.05) is 34.1 Å². The molecular weight excluding hydrogens is 388 g/mol. The molecule has 4 aromatic carbocycles. The monoisotopic (exact) mass is 416 g/mol. The van der Waals surface area contributed by atoms with Crippen LogP contribution < -0.4 is 9.80 Å². The molecule has 0 aliphatic heterocycles. The van der Waals surface area contributed by atoms with Crippen molar-refractivity contribution in [1.29, 1.82) is 0 Å². The number of para-hydroxylation sites is 4. The van der Waals surface area contributed by atoms with Crippen molar-refractivity contribution in [2.75, 3.05) is 9.80 Å². The molecule has 2 nitrogen and oxygen atoms in total. The number of anilines is 4. The summed E-state index contributed by atoms with van der Waals surface area (Å²) in [6.07, 6.45) is 4.41. The van der Waals surface area contributed by atoms with Crippen molar-refractivity contribution in [3.63, 3.8) is 0 Å². The molecule has 158 valence electrons. The molecule has 0 radical (unpaired) electrons. The van der Waals surface area contributed by atoms with E-state index in [-0.39, 0.29) is 0 Å². The summed E-state index contributed by atoms with van der Waals surface area (Å²) in [7, 11) is 0. The molecule has 4 rings (SSSR count). The lowest BCUT2D eigenvalue weighted by Crippen LogP contribution is -2.19. The zero-order valence-electron chi connectivity index (χ0n) is 18.6. The van der Waals surface area contributed by atoms with Crippen molar-refractivity contribution in [2.24, 2.45) is 0 Å². The first kappa shape index (κ1) is 21.2. The van der Waals surface area contributed by atoms with Crippen molar-refractivity contribution in [2.45, 2.75) is 13.8 Å². The minimum absolute atomic E-state index is 1.11. The van der Waals surface area contributed by atoms with Gasteiger partial charge >= 0.3 is 0 Å². The first-order chi connectivity index (χ1) is 15.8. The molecule has 4 aromatic rings. The Bertz CT molecular complexity index is 1090. The lowest BCUT2D eigenvalue weighted by molar-refractivity contribution is 1.12. The van der Waals surface area contributed by atoms with Crippen molar-refractivity contribution in [1.82, 2.24) is 0 Å². The Morgan fingerprint density at radius 2 is 0.812 bits per heavy atom. The number of allylic oxidation sites excluding steroid dienone is 3. The summed E-state index contributed by atoms with van der Waals surface area (Å²) >= 11 is 0. The molecule has 0 fully saturated rings. The summed E-state index contributed by atoms with van der Waals surface area (Å²) in [4.78, 5) is 4.58. The Morgan fingerprint density at radius 3 is 1.12 bits per heavy atom. The second kappa shape index (κ2) is 10.3. The van der Waals surface area contributed by atoms with Gasteiger partial charge in [-0.3, -0.25) is 0 Å². The second-order valence-corrected chi connectivity index (χ2v) is 7.51. The van der Waals surface area contributed by atoms with Gasteiger partial charge in [0.15, 0.2) is 0 Å². The zero-order valence-corrected chi connectivity index (χ0v) is 18.6. The van der Waals surface area contributed by atoms with Crippen LogP contribution in [-0.4, -0.2) is 0 Å². The number of rotatable bonds is 7. The SMILES string of the molecule is C/C=C(\C=C(/C)N(c1ccccc1)c1ccccc1)N(c1ccccc1)c1ccccc1. The molecule has 32 heavy (non-hydrogen) atoms. The molecule has 0 saturated carbocycles. The van der Waals surface area contributed by atoms with Crippen LogP contribution in [0.15, 0.2) is 145 Å². The molecule has 0 heterocycles. The molecular formula is C30H28N2. The number of hydrogen-bond acceptors (Lipinski definition) is 2. The van der Waals surface area contributed by atoms with Gasteiger partial charge in [0.25, 0.3) is 0 Å². The molecule has 2 heteroatoms. The van der Waals surface area contributed by atoms with E-state index in [9.17, 15) is 0 Å². The highest BCUT2D eigenvalue weighted by molar-refractivity contribution is 5.72. The molecule has 0 aromatic heterocycles. The Hall–Kier alpha value is -4.04. The lowest BCUT2D eigenvalue weighted by Gasteiger charge is -2.30. The van der Waals surface area contributed by atoms with E-state index < -0.39 is 0 Å². The molecule has 0 N–H and O–H groups in total. The van der Waals surface area contributed by atoms with E-state index in [1.54, 1.807) is 0 Å². The van der Waals surface area contributed by atoms with Gasteiger partial charge in [0.2, 0.25) is 0 Å². The van der Waals surface area contributed by atoms with Gasteiger partial charge < -0.3 is 9.80 Å². The fourth-order valence-corrected chi connectivity index (χ4v) is 3.87. The first-order valence-electron chi connectivity index (χ1n) is 10.9. The summed E-state index contributed by atoms with van der Waals surface area (Å²) in [6.45, 7) is 4.25. The number of nitrogens with zero attached hydrogens (tertiary/aromatic N) is 2. The van der Waals surface area contributed by atoms with Gasteiger partial charge in [-0.05, 0) is 68.5 Å². The topological polar surface area (TPSA) is 6.48 Å². The molecule has 0 spiro atoms. The lowest BCUT2D eigenvalue weighted by atomic mass is 10.1. The molecule has 0 aliphatic carbocycles. The maximum atomic E-state index is 2.29. The maximum Gasteiger partial charge on any atom is 0.0461 e.